The average Bonchev–Trinajstić information content (AvgIpc) is 2.97. The van der Waals surface area contributed by atoms with Crippen LogP contribution >= 0.6 is 15.9 Å². The largest absolute Gasteiger partial charge is 0.450 e. The number of amides is 1. The molecule has 1 N–H and O–H groups in total. The predicted molar refractivity (Wildman–Crippen MR) is 95.2 cm³/mol. The standard InChI is InChI=1S/C17H24BrNO2Si/c1-22(2,3)9-8-21-16(20)19-15-11-17(15)7-6-12-4-5-13(18)10-14(12)17/h4-5,10,15H,6-9,11H2,1-3H3,(H,19,20)/t15-,17-/m1/s1. The summed E-state index contributed by atoms with van der Waals surface area (Å²) in [7, 11) is -1.14. The Bertz CT molecular complexity index is 599. The van der Waals surface area contributed by atoms with Gasteiger partial charge < -0.3 is 10.1 Å². The molecule has 1 spiro atoms. The number of carbonyl (C=O) groups excluding carboxylic acids is 1. The van der Waals surface area contributed by atoms with Crippen LogP contribution in [0.4, 0.5) is 4.79 Å². The summed E-state index contributed by atoms with van der Waals surface area (Å²) in [6.07, 6.45) is 3.05. The third-order valence-electron chi connectivity index (χ3n) is 4.90. The minimum atomic E-state index is -1.14. The van der Waals surface area contributed by atoms with E-state index in [0.717, 1.165) is 29.8 Å². The van der Waals surface area contributed by atoms with Crippen LogP contribution in [0.1, 0.15) is 24.0 Å². The number of ether oxygens (including phenoxy) is 1. The number of hydrogen-bond donors (Lipinski definition) is 1. The van der Waals surface area contributed by atoms with E-state index in [1.807, 2.05) is 0 Å². The minimum absolute atomic E-state index is 0.164. The first-order chi connectivity index (χ1) is 10.3. The van der Waals surface area contributed by atoms with E-state index >= 15 is 0 Å². The Kier molecular flexibility index (Phi) is 4.14. The van der Waals surface area contributed by atoms with Crippen LogP contribution in [0.2, 0.25) is 25.7 Å². The Morgan fingerprint density at radius 3 is 2.95 bits per heavy atom. The lowest BCUT2D eigenvalue weighted by atomic mass is 9.97. The van der Waals surface area contributed by atoms with Gasteiger partial charge in [0.2, 0.25) is 0 Å². The lowest BCUT2D eigenvalue weighted by Gasteiger charge is -2.16. The summed E-state index contributed by atoms with van der Waals surface area (Å²) in [6, 6.07) is 7.79. The second-order valence-electron chi connectivity index (χ2n) is 7.81. The van der Waals surface area contributed by atoms with Crippen molar-refractivity contribution in [2.45, 2.75) is 56.4 Å². The fourth-order valence-corrected chi connectivity index (χ4v) is 4.50. The normalized spacial score (nSPS) is 25.9. The zero-order chi connectivity index (χ0) is 16.0. The summed E-state index contributed by atoms with van der Waals surface area (Å²) in [6.45, 7) is 7.41. The summed E-state index contributed by atoms with van der Waals surface area (Å²) < 4.78 is 6.48. The maximum atomic E-state index is 12.0. The lowest BCUT2D eigenvalue weighted by Crippen LogP contribution is -2.32. The number of halogens is 1. The number of rotatable bonds is 4. The monoisotopic (exact) mass is 381 g/mol. The number of aryl methyl sites for hydroxylation is 1. The molecule has 1 amide bonds. The average molecular weight is 382 g/mol. The van der Waals surface area contributed by atoms with E-state index in [1.165, 1.54) is 11.1 Å². The van der Waals surface area contributed by atoms with Gasteiger partial charge in [0.05, 0.1) is 6.61 Å². The second kappa shape index (κ2) is 5.68. The smallest absolute Gasteiger partial charge is 0.407 e. The molecule has 1 saturated carbocycles. The molecule has 0 bridgehead atoms. The van der Waals surface area contributed by atoms with E-state index in [2.05, 4.69) is 59.1 Å². The molecule has 2 atom stereocenters. The van der Waals surface area contributed by atoms with E-state index in [-0.39, 0.29) is 17.6 Å². The molecule has 1 fully saturated rings. The first-order valence-electron chi connectivity index (χ1n) is 8.02. The molecule has 0 saturated heterocycles. The number of carbonyl (C=O) groups is 1. The van der Waals surface area contributed by atoms with Crippen molar-refractivity contribution in [1.29, 1.82) is 0 Å². The second-order valence-corrected chi connectivity index (χ2v) is 14.3. The Hall–Kier alpha value is -0.813. The summed E-state index contributed by atoms with van der Waals surface area (Å²) in [5.74, 6) is 0. The highest BCUT2D eigenvalue weighted by atomic mass is 79.9. The third-order valence-corrected chi connectivity index (χ3v) is 7.10. The Balaban J connectivity index is 1.55. The van der Waals surface area contributed by atoms with Gasteiger partial charge >= 0.3 is 6.09 Å². The maximum absolute atomic E-state index is 12.0. The number of nitrogens with one attached hydrogen (secondary N) is 1. The van der Waals surface area contributed by atoms with Crippen molar-refractivity contribution < 1.29 is 9.53 Å². The van der Waals surface area contributed by atoms with E-state index in [0.29, 0.717) is 6.61 Å². The summed E-state index contributed by atoms with van der Waals surface area (Å²) in [5.41, 5.74) is 3.01. The van der Waals surface area contributed by atoms with Crippen molar-refractivity contribution in [1.82, 2.24) is 5.32 Å². The van der Waals surface area contributed by atoms with Crippen LogP contribution in [0.15, 0.2) is 22.7 Å². The van der Waals surface area contributed by atoms with Gasteiger partial charge in [-0.05, 0) is 48.6 Å². The van der Waals surface area contributed by atoms with Crippen molar-refractivity contribution in [3.63, 3.8) is 0 Å². The topological polar surface area (TPSA) is 38.3 Å². The highest BCUT2D eigenvalue weighted by molar-refractivity contribution is 9.10. The van der Waals surface area contributed by atoms with Gasteiger partial charge in [0.25, 0.3) is 0 Å². The molecule has 120 valence electrons. The van der Waals surface area contributed by atoms with Crippen LogP contribution in [0.25, 0.3) is 0 Å². The summed E-state index contributed by atoms with van der Waals surface area (Å²) >= 11 is 3.56. The number of benzene rings is 1. The van der Waals surface area contributed by atoms with Crippen molar-refractivity contribution in [2.75, 3.05) is 6.61 Å². The molecule has 2 aliphatic carbocycles. The Morgan fingerprint density at radius 1 is 1.45 bits per heavy atom. The summed E-state index contributed by atoms with van der Waals surface area (Å²) in [5, 5.41) is 3.07. The first-order valence-corrected chi connectivity index (χ1v) is 12.5. The van der Waals surface area contributed by atoms with Crippen LogP contribution < -0.4 is 5.32 Å². The molecule has 0 aromatic heterocycles. The van der Waals surface area contributed by atoms with Gasteiger partial charge in [0, 0.05) is 24.0 Å². The van der Waals surface area contributed by atoms with Gasteiger partial charge in [0.15, 0.2) is 0 Å². The molecular formula is C17H24BrNO2Si. The zero-order valence-electron chi connectivity index (χ0n) is 13.5. The van der Waals surface area contributed by atoms with E-state index in [9.17, 15) is 4.79 Å². The van der Waals surface area contributed by atoms with Crippen LogP contribution in [0, 0.1) is 0 Å². The lowest BCUT2D eigenvalue weighted by molar-refractivity contribution is 0.150. The fourth-order valence-electron chi connectivity index (χ4n) is 3.42. The van der Waals surface area contributed by atoms with Crippen molar-refractivity contribution in [2.24, 2.45) is 0 Å². The zero-order valence-corrected chi connectivity index (χ0v) is 16.1. The SMILES string of the molecule is C[Si](C)(C)CCOC(=O)N[C@@H]1C[C@@]12CCc1ccc(Br)cc12. The van der Waals surface area contributed by atoms with Gasteiger partial charge in [-0.15, -0.1) is 0 Å². The molecule has 2 aliphatic rings. The van der Waals surface area contributed by atoms with Gasteiger partial charge in [-0.3, -0.25) is 0 Å². The molecule has 3 rings (SSSR count). The molecule has 3 nitrogen and oxygen atoms in total. The molecule has 0 heterocycles. The van der Waals surface area contributed by atoms with Crippen LogP contribution in [0.5, 0.6) is 0 Å². The molecule has 1 aromatic rings. The molecule has 22 heavy (non-hydrogen) atoms. The van der Waals surface area contributed by atoms with E-state index < -0.39 is 8.07 Å². The maximum Gasteiger partial charge on any atom is 0.407 e. The fraction of sp³-hybridized carbons (Fsp3) is 0.588. The predicted octanol–water partition coefficient (Wildman–Crippen LogP) is 4.47. The van der Waals surface area contributed by atoms with Crippen LogP contribution in [-0.4, -0.2) is 26.8 Å². The molecule has 0 aliphatic heterocycles. The summed E-state index contributed by atoms with van der Waals surface area (Å²) in [4.78, 5) is 12.0. The Labute approximate surface area is 142 Å². The van der Waals surface area contributed by atoms with Crippen molar-refractivity contribution in [3.8, 4) is 0 Å². The quantitative estimate of drug-likeness (QED) is 0.781. The van der Waals surface area contributed by atoms with E-state index in [1.54, 1.807) is 0 Å². The molecule has 1 aromatic carbocycles. The Morgan fingerprint density at radius 2 is 2.23 bits per heavy atom. The number of alkyl carbamates (subject to hydrolysis) is 1. The number of fused-ring (bicyclic) bond motifs is 2. The molecule has 0 unspecified atom stereocenters. The molecular weight excluding hydrogens is 358 g/mol. The first kappa shape index (κ1) is 16.1. The number of hydrogen-bond acceptors (Lipinski definition) is 2. The highest BCUT2D eigenvalue weighted by Crippen LogP contribution is 2.57. The van der Waals surface area contributed by atoms with Gasteiger partial charge in [-0.25, -0.2) is 4.79 Å². The highest BCUT2D eigenvalue weighted by Gasteiger charge is 2.59. The van der Waals surface area contributed by atoms with Crippen molar-refractivity contribution in [3.05, 3.63) is 33.8 Å². The third kappa shape index (κ3) is 3.25. The van der Waals surface area contributed by atoms with Crippen molar-refractivity contribution >= 4 is 30.1 Å². The van der Waals surface area contributed by atoms with Gasteiger partial charge in [-0.1, -0.05) is 41.6 Å². The van der Waals surface area contributed by atoms with Crippen LogP contribution in [0.3, 0.4) is 0 Å². The molecule has 0 radical (unpaired) electrons. The minimum Gasteiger partial charge on any atom is -0.450 e. The van der Waals surface area contributed by atoms with E-state index in [4.69, 9.17) is 4.74 Å². The van der Waals surface area contributed by atoms with Gasteiger partial charge in [0.1, 0.15) is 0 Å². The molecule has 5 heteroatoms. The van der Waals surface area contributed by atoms with Crippen LogP contribution in [-0.2, 0) is 16.6 Å². The van der Waals surface area contributed by atoms with Gasteiger partial charge in [-0.2, -0.15) is 0 Å².